The van der Waals surface area contributed by atoms with Crippen molar-refractivity contribution in [2.75, 3.05) is 27.4 Å². The third kappa shape index (κ3) is 8.96. The van der Waals surface area contributed by atoms with Gasteiger partial charge in [-0.3, -0.25) is 9.59 Å². The summed E-state index contributed by atoms with van der Waals surface area (Å²) in [5, 5.41) is 8.44. The summed E-state index contributed by atoms with van der Waals surface area (Å²) in [5.41, 5.74) is 8.90. The van der Waals surface area contributed by atoms with Crippen LogP contribution >= 0.6 is 0 Å². The summed E-state index contributed by atoms with van der Waals surface area (Å²) < 4.78 is 34.0. The first-order chi connectivity index (χ1) is 23.3. The van der Waals surface area contributed by atoms with Crippen LogP contribution < -0.4 is 29.8 Å². The summed E-state index contributed by atoms with van der Waals surface area (Å²) in [7, 11) is 3.13. The molecule has 4 aromatic carbocycles. The van der Waals surface area contributed by atoms with Gasteiger partial charge in [0.15, 0.2) is 0 Å². The maximum Gasteiger partial charge on any atom is 0.271 e. The predicted octanol–water partition coefficient (Wildman–Crippen LogP) is 5.17. The molecule has 1 aliphatic rings. The Morgan fingerprint density at radius 3 is 1.19 bits per heavy atom. The van der Waals surface area contributed by atoms with Gasteiger partial charge in [0.1, 0.15) is 23.0 Å². The van der Waals surface area contributed by atoms with Crippen molar-refractivity contribution in [3.63, 3.8) is 0 Å². The van der Waals surface area contributed by atoms with E-state index >= 15 is 0 Å². The minimum Gasteiger partial charge on any atom is -0.497 e. The standard InChI is InChI=1S/C36H36N4O8/c1-23(37-39-33(41)27-9-13-29(43-3)14-10-27)25-5-17-31(18-6-25)47-35-36(46-22-21-45-35)48-32-19-7-26(8-20-32)24(2)38-40-34(42)28-11-15-30(44-4)16-12-28/h5-20,35-36H,21-22H2,1-4H3,(H,39,41)(H,40,42)/b37-23-,38-24+/t35-,36-/m0/s1. The molecule has 5 rings (SSSR count). The average molecular weight is 653 g/mol. The second kappa shape index (κ2) is 16.2. The highest BCUT2D eigenvalue weighted by Crippen LogP contribution is 2.23. The number of benzene rings is 4. The highest BCUT2D eigenvalue weighted by atomic mass is 16.8. The van der Waals surface area contributed by atoms with Gasteiger partial charge in [-0.2, -0.15) is 10.2 Å². The first kappa shape index (κ1) is 33.6. The summed E-state index contributed by atoms with van der Waals surface area (Å²) >= 11 is 0. The lowest BCUT2D eigenvalue weighted by atomic mass is 10.1. The minimum absolute atomic E-state index is 0.329. The molecule has 1 heterocycles. The number of hydrogen-bond acceptors (Lipinski definition) is 10. The van der Waals surface area contributed by atoms with E-state index in [2.05, 4.69) is 21.1 Å². The van der Waals surface area contributed by atoms with Crippen LogP contribution in [0.2, 0.25) is 0 Å². The number of carbonyl (C=O) groups is 2. The number of rotatable bonds is 12. The quantitative estimate of drug-likeness (QED) is 0.158. The van der Waals surface area contributed by atoms with Gasteiger partial charge in [-0.25, -0.2) is 10.9 Å². The Morgan fingerprint density at radius 1 is 0.542 bits per heavy atom. The summed E-state index contributed by atoms with van der Waals surface area (Å²) in [6, 6.07) is 27.9. The fourth-order valence-electron chi connectivity index (χ4n) is 4.49. The number of amides is 2. The van der Waals surface area contributed by atoms with Crippen LogP contribution in [0.25, 0.3) is 0 Å². The molecule has 2 atom stereocenters. The predicted molar refractivity (Wildman–Crippen MR) is 179 cm³/mol. The van der Waals surface area contributed by atoms with Crippen LogP contribution in [0.5, 0.6) is 23.0 Å². The second-order valence-electron chi connectivity index (χ2n) is 10.5. The largest absolute Gasteiger partial charge is 0.497 e. The highest BCUT2D eigenvalue weighted by Gasteiger charge is 2.31. The monoisotopic (exact) mass is 652 g/mol. The van der Waals surface area contributed by atoms with Crippen LogP contribution in [0.3, 0.4) is 0 Å². The molecule has 0 radical (unpaired) electrons. The molecular formula is C36H36N4O8. The van der Waals surface area contributed by atoms with Crippen LogP contribution in [-0.4, -0.2) is 63.3 Å². The van der Waals surface area contributed by atoms with Gasteiger partial charge in [0.2, 0.25) is 0 Å². The van der Waals surface area contributed by atoms with Gasteiger partial charge in [-0.15, -0.1) is 0 Å². The number of carbonyl (C=O) groups excluding carboxylic acids is 2. The van der Waals surface area contributed by atoms with Crippen LogP contribution in [0.4, 0.5) is 0 Å². The topological polar surface area (TPSA) is 138 Å². The van der Waals surface area contributed by atoms with Crippen molar-refractivity contribution in [2.24, 2.45) is 10.2 Å². The van der Waals surface area contributed by atoms with E-state index in [9.17, 15) is 9.59 Å². The number of ether oxygens (including phenoxy) is 6. The van der Waals surface area contributed by atoms with Crippen molar-refractivity contribution >= 4 is 23.2 Å². The zero-order chi connectivity index (χ0) is 33.9. The molecule has 0 aliphatic carbocycles. The van der Waals surface area contributed by atoms with Crippen LogP contribution in [0, 0.1) is 0 Å². The normalized spacial score (nSPS) is 16.4. The van der Waals surface area contributed by atoms with E-state index in [0.29, 0.717) is 58.8 Å². The summed E-state index contributed by atoms with van der Waals surface area (Å²) in [4.78, 5) is 24.9. The van der Waals surface area contributed by atoms with Crippen molar-refractivity contribution in [2.45, 2.75) is 26.4 Å². The van der Waals surface area contributed by atoms with Crippen molar-refractivity contribution in [3.05, 3.63) is 119 Å². The molecule has 0 bridgehead atoms. The Hall–Kier alpha value is -5.72. The van der Waals surface area contributed by atoms with Crippen LogP contribution in [-0.2, 0) is 9.47 Å². The first-order valence-corrected chi connectivity index (χ1v) is 15.1. The highest BCUT2D eigenvalue weighted by molar-refractivity contribution is 6.01. The molecule has 12 heteroatoms. The third-order valence-electron chi connectivity index (χ3n) is 7.27. The lowest BCUT2D eigenvalue weighted by molar-refractivity contribution is -0.271. The van der Waals surface area contributed by atoms with Crippen molar-refractivity contribution in [3.8, 4) is 23.0 Å². The maximum absolute atomic E-state index is 12.4. The lowest BCUT2D eigenvalue weighted by Gasteiger charge is -2.31. The smallest absolute Gasteiger partial charge is 0.271 e. The Bertz CT molecular complexity index is 1610. The molecule has 0 spiro atoms. The third-order valence-corrected chi connectivity index (χ3v) is 7.27. The Labute approximate surface area is 278 Å². The van der Waals surface area contributed by atoms with Gasteiger partial charge in [0.25, 0.3) is 24.4 Å². The maximum atomic E-state index is 12.4. The zero-order valence-corrected chi connectivity index (χ0v) is 27.0. The van der Waals surface area contributed by atoms with Gasteiger partial charge in [-0.05, 0) is 122 Å². The van der Waals surface area contributed by atoms with Crippen LogP contribution in [0.15, 0.2) is 107 Å². The van der Waals surface area contributed by atoms with E-state index in [1.54, 1.807) is 101 Å². The molecule has 1 saturated heterocycles. The number of methoxy groups -OCH3 is 2. The lowest BCUT2D eigenvalue weighted by Crippen LogP contribution is -2.45. The van der Waals surface area contributed by atoms with Gasteiger partial charge in [0.05, 0.1) is 38.9 Å². The zero-order valence-electron chi connectivity index (χ0n) is 27.0. The first-order valence-electron chi connectivity index (χ1n) is 15.1. The van der Waals surface area contributed by atoms with E-state index in [1.807, 2.05) is 24.3 Å². The van der Waals surface area contributed by atoms with E-state index < -0.39 is 12.6 Å². The van der Waals surface area contributed by atoms with E-state index in [4.69, 9.17) is 28.4 Å². The number of nitrogens with one attached hydrogen (secondary N) is 2. The molecule has 2 N–H and O–H groups in total. The molecule has 48 heavy (non-hydrogen) atoms. The molecule has 1 aliphatic heterocycles. The summed E-state index contributed by atoms with van der Waals surface area (Å²) in [6.07, 6.45) is -1.64. The van der Waals surface area contributed by atoms with Crippen molar-refractivity contribution < 1.29 is 38.0 Å². The number of hydrazone groups is 2. The van der Waals surface area contributed by atoms with E-state index in [1.165, 1.54) is 0 Å². The molecular weight excluding hydrogens is 616 g/mol. The SMILES string of the molecule is COc1ccc(C(=O)N/N=C(/C)c2ccc(O[C@@H]3OCCO[C@H]3Oc3ccc(/C(C)=N/NC(=O)c4ccc(OC)cc4)cc3)cc2)cc1. The summed E-state index contributed by atoms with van der Waals surface area (Å²) in [5.74, 6) is 1.75. The van der Waals surface area contributed by atoms with Crippen LogP contribution in [0.1, 0.15) is 45.7 Å². The Balaban J connectivity index is 1.14. The Kier molecular flexibility index (Phi) is 11.4. The molecule has 2 amide bonds. The van der Waals surface area contributed by atoms with Crippen molar-refractivity contribution in [1.29, 1.82) is 0 Å². The van der Waals surface area contributed by atoms with Gasteiger partial charge < -0.3 is 28.4 Å². The minimum atomic E-state index is -0.820. The fourth-order valence-corrected chi connectivity index (χ4v) is 4.49. The molecule has 1 fully saturated rings. The molecule has 0 saturated carbocycles. The molecule has 0 unspecified atom stereocenters. The van der Waals surface area contributed by atoms with Gasteiger partial charge in [0, 0.05) is 11.1 Å². The molecule has 0 aromatic heterocycles. The van der Waals surface area contributed by atoms with Crippen molar-refractivity contribution in [1.82, 2.24) is 10.9 Å². The van der Waals surface area contributed by atoms with Gasteiger partial charge in [-0.1, -0.05) is 0 Å². The fraction of sp³-hybridized carbons (Fsp3) is 0.222. The van der Waals surface area contributed by atoms with E-state index in [0.717, 1.165) is 11.1 Å². The molecule has 4 aromatic rings. The van der Waals surface area contributed by atoms with Gasteiger partial charge >= 0.3 is 0 Å². The summed E-state index contributed by atoms with van der Waals surface area (Å²) in [6.45, 7) is 4.28. The Morgan fingerprint density at radius 2 is 0.854 bits per heavy atom. The average Bonchev–Trinajstić information content (AvgIpc) is 3.14. The number of nitrogens with zero attached hydrogens (tertiary/aromatic N) is 2. The molecule has 248 valence electrons. The molecule has 12 nitrogen and oxygen atoms in total. The van der Waals surface area contributed by atoms with E-state index in [-0.39, 0.29) is 11.8 Å². The second-order valence-corrected chi connectivity index (χ2v) is 10.5. The number of hydrogen-bond donors (Lipinski definition) is 2.